The van der Waals surface area contributed by atoms with E-state index in [0.717, 1.165) is 26.2 Å². The quantitative estimate of drug-likeness (QED) is 0.828. The van der Waals surface area contributed by atoms with Gasteiger partial charge in [0.05, 0.1) is 5.60 Å². The first-order valence-corrected chi connectivity index (χ1v) is 7.73. The predicted molar refractivity (Wildman–Crippen MR) is 83.8 cm³/mol. The molecule has 0 aliphatic carbocycles. The van der Waals surface area contributed by atoms with Crippen molar-refractivity contribution in [1.29, 1.82) is 0 Å². The molecule has 0 radical (unpaired) electrons. The molecule has 1 fully saturated rings. The summed E-state index contributed by atoms with van der Waals surface area (Å²) < 4.78 is 5.74. The van der Waals surface area contributed by atoms with Crippen molar-refractivity contribution < 1.29 is 4.74 Å². The maximum Gasteiger partial charge on any atom is 0.0750 e. The molecule has 1 heterocycles. The van der Waals surface area contributed by atoms with Gasteiger partial charge in [0.15, 0.2) is 0 Å². The minimum Gasteiger partial charge on any atom is -0.375 e. The number of ether oxygens (including phenoxy) is 1. The fraction of sp³-hybridized carbons (Fsp3) is 0.647. The van der Waals surface area contributed by atoms with E-state index in [1.54, 1.807) is 0 Å². The fourth-order valence-corrected chi connectivity index (χ4v) is 2.82. The van der Waals surface area contributed by atoms with Gasteiger partial charge in [-0.15, -0.1) is 0 Å². The number of rotatable bonds is 7. The second-order valence-electron chi connectivity index (χ2n) is 6.28. The van der Waals surface area contributed by atoms with Crippen molar-refractivity contribution in [2.45, 2.75) is 45.4 Å². The molecule has 0 aromatic heterocycles. The number of nitrogens with zero attached hydrogens (tertiary/aromatic N) is 1. The molecule has 1 aliphatic rings. The van der Waals surface area contributed by atoms with Crippen molar-refractivity contribution >= 4 is 0 Å². The molecule has 3 heteroatoms. The molecule has 1 aromatic carbocycles. The topological polar surface area (TPSA) is 24.5 Å². The average Bonchev–Trinajstić information content (AvgIpc) is 2.85. The van der Waals surface area contributed by atoms with Crippen molar-refractivity contribution in [3.63, 3.8) is 0 Å². The van der Waals surface area contributed by atoms with Gasteiger partial charge in [-0.1, -0.05) is 30.3 Å². The van der Waals surface area contributed by atoms with E-state index in [0.29, 0.717) is 6.04 Å². The Hall–Kier alpha value is -0.900. The van der Waals surface area contributed by atoms with Gasteiger partial charge >= 0.3 is 0 Å². The molecule has 1 aliphatic heterocycles. The Kier molecular flexibility index (Phi) is 5.58. The van der Waals surface area contributed by atoms with Crippen LogP contribution >= 0.6 is 0 Å². The molecule has 1 aromatic rings. The molecular formula is C17H28N2O. The summed E-state index contributed by atoms with van der Waals surface area (Å²) in [6.07, 6.45) is 1.23. The molecular weight excluding hydrogens is 248 g/mol. The van der Waals surface area contributed by atoms with Crippen LogP contribution in [0.15, 0.2) is 30.3 Å². The zero-order valence-electron chi connectivity index (χ0n) is 13.1. The van der Waals surface area contributed by atoms with Crippen molar-refractivity contribution in [3.8, 4) is 0 Å². The molecule has 2 rings (SSSR count). The molecule has 1 unspecified atom stereocenters. The minimum atomic E-state index is -0.0679. The summed E-state index contributed by atoms with van der Waals surface area (Å²) >= 11 is 0. The molecule has 20 heavy (non-hydrogen) atoms. The van der Waals surface area contributed by atoms with Crippen LogP contribution in [0.2, 0.25) is 0 Å². The highest BCUT2D eigenvalue weighted by atomic mass is 16.5. The van der Waals surface area contributed by atoms with Crippen LogP contribution in [0, 0.1) is 0 Å². The first kappa shape index (κ1) is 15.5. The highest BCUT2D eigenvalue weighted by Crippen LogP contribution is 2.15. The molecule has 0 saturated carbocycles. The predicted octanol–water partition coefficient (Wildman–Crippen LogP) is 2.67. The van der Waals surface area contributed by atoms with Crippen molar-refractivity contribution in [2.24, 2.45) is 0 Å². The molecule has 1 atom stereocenters. The average molecular weight is 276 g/mol. The van der Waals surface area contributed by atoms with Gasteiger partial charge in [-0.05, 0) is 32.8 Å². The van der Waals surface area contributed by atoms with Gasteiger partial charge in [-0.25, -0.2) is 0 Å². The van der Waals surface area contributed by atoms with Gasteiger partial charge in [0, 0.05) is 38.8 Å². The highest BCUT2D eigenvalue weighted by Gasteiger charge is 2.25. The normalized spacial score (nSPS) is 20.4. The largest absolute Gasteiger partial charge is 0.375 e. The molecule has 112 valence electrons. The number of likely N-dealkylation sites (tertiary alicyclic amines) is 1. The van der Waals surface area contributed by atoms with Crippen LogP contribution in [0.3, 0.4) is 0 Å². The van der Waals surface area contributed by atoms with E-state index in [-0.39, 0.29) is 5.60 Å². The van der Waals surface area contributed by atoms with Gasteiger partial charge in [-0.2, -0.15) is 0 Å². The number of nitrogens with one attached hydrogen (secondary N) is 1. The maximum absolute atomic E-state index is 5.74. The summed E-state index contributed by atoms with van der Waals surface area (Å²) in [6.45, 7) is 11.4. The van der Waals surface area contributed by atoms with Gasteiger partial charge in [0.1, 0.15) is 0 Å². The van der Waals surface area contributed by atoms with Crippen LogP contribution in [0.1, 0.15) is 32.8 Å². The zero-order chi connectivity index (χ0) is 14.4. The van der Waals surface area contributed by atoms with Crippen molar-refractivity contribution in [2.75, 3.05) is 26.2 Å². The third kappa shape index (κ3) is 4.89. The van der Waals surface area contributed by atoms with Crippen LogP contribution in [-0.2, 0) is 11.3 Å². The lowest BCUT2D eigenvalue weighted by atomic mass is 10.1. The second-order valence-corrected chi connectivity index (χ2v) is 6.28. The van der Waals surface area contributed by atoms with E-state index < -0.39 is 0 Å². The van der Waals surface area contributed by atoms with Crippen LogP contribution < -0.4 is 5.32 Å². The molecule has 3 nitrogen and oxygen atoms in total. The summed E-state index contributed by atoms with van der Waals surface area (Å²) in [6, 6.07) is 11.3. The SMILES string of the molecule is CCOC(C)(C)CNC1CCN(Cc2ccccc2)C1. The lowest BCUT2D eigenvalue weighted by molar-refractivity contribution is -0.0104. The number of hydrogen-bond donors (Lipinski definition) is 1. The summed E-state index contributed by atoms with van der Waals surface area (Å²) in [4.78, 5) is 2.53. The third-order valence-corrected chi connectivity index (χ3v) is 3.87. The second kappa shape index (κ2) is 7.21. The van der Waals surface area contributed by atoms with Crippen LogP contribution in [0.4, 0.5) is 0 Å². The molecule has 0 spiro atoms. The highest BCUT2D eigenvalue weighted by molar-refractivity contribution is 5.14. The molecule has 1 saturated heterocycles. The van der Waals surface area contributed by atoms with Crippen LogP contribution in [0.25, 0.3) is 0 Å². The fourth-order valence-electron chi connectivity index (χ4n) is 2.82. The third-order valence-electron chi connectivity index (χ3n) is 3.87. The van der Waals surface area contributed by atoms with E-state index >= 15 is 0 Å². The van der Waals surface area contributed by atoms with Crippen molar-refractivity contribution in [3.05, 3.63) is 35.9 Å². The summed E-state index contributed by atoms with van der Waals surface area (Å²) in [7, 11) is 0. The Morgan fingerprint density at radius 1 is 1.30 bits per heavy atom. The summed E-state index contributed by atoms with van der Waals surface area (Å²) in [5.41, 5.74) is 1.34. The molecule has 1 N–H and O–H groups in total. The van der Waals surface area contributed by atoms with E-state index in [4.69, 9.17) is 4.74 Å². The summed E-state index contributed by atoms with van der Waals surface area (Å²) in [5, 5.41) is 3.66. The molecule has 0 amide bonds. The number of hydrogen-bond acceptors (Lipinski definition) is 3. The Bertz CT molecular complexity index is 391. The summed E-state index contributed by atoms with van der Waals surface area (Å²) in [5.74, 6) is 0. The number of benzene rings is 1. The van der Waals surface area contributed by atoms with Gasteiger partial charge in [-0.3, -0.25) is 4.90 Å². The first-order valence-electron chi connectivity index (χ1n) is 7.73. The van der Waals surface area contributed by atoms with E-state index in [1.807, 2.05) is 0 Å². The van der Waals surface area contributed by atoms with Gasteiger partial charge in [0.2, 0.25) is 0 Å². The lowest BCUT2D eigenvalue weighted by Crippen LogP contribution is -2.43. The standard InChI is InChI=1S/C17H28N2O/c1-4-20-17(2,3)14-18-16-10-11-19(13-16)12-15-8-6-5-7-9-15/h5-9,16,18H,4,10-14H2,1-3H3. The first-order chi connectivity index (χ1) is 9.59. The van der Waals surface area contributed by atoms with E-state index in [9.17, 15) is 0 Å². The Morgan fingerprint density at radius 2 is 2.05 bits per heavy atom. The minimum absolute atomic E-state index is 0.0679. The smallest absolute Gasteiger partial charge is 0.0750 e. The van der Waals surface area contributed by atoms with Gasteiger partial charge in [0.25, 0.3) is 0 Å². The van der Waals surface area contributed by atoms with Crippen LogP contribution in [0.5, 0.6) is 0 Å². The van der Waals surface area contributed by atoms with Gasteiger partial charge < -0.3 is 10.1 Å². The lowest BCUT2D eigenvalue weighted by Gasteiger charge is -2.27. The van der Waals surface area contributed by atoms with Crippen molar-refractivity contribution in [1.82, 2.24) is 10.2 Å². The Labute approximate surface area is 123 Å². The molecule has 0 bridgehead atoms. The zero-order valence-corrected chi connectivity index (χ0v) is 13.1. The van der Waals surface area contributed by atoms with Crippen LogP contribution in [-0.4, -0.2) is 42.8 Å². The maximum atomic E-state index is 5.74. The van der Waals surface area contributed by atoms with E-state index in [2.05, 4.69) is 61.3 Å². The van der Waals surface area contributed by atoms with E-state index in [1.165, 1.54) is 18.5 Å². The Morgan fingerprint density at radius 3 is 2.75 bits per heavy atom. The Balaban J connectivity index is 1.73. The monoisotopic (exact) mass is 276 g/mol.